The van der Waals surface area contributed by atoms with Gasteiger partial charge in [-0.05, 0) is 24.3 Å². The van der Waals surface area contributed by atoms with Crippen molar-refractivity contribution in [2.75, 3.05) is 0 Å². The van der Waals surface area contributed by atoms with Gasteiger partial charge in [-0.15, -0.1) is 0 Å². The summed E-state index contributed by atoms with van der Waals surface area (Å²) in [5.74, 6) is -2.25. The van der Waals surface area contributed by atoms with Gasteiger partial charge in [-0.25, -0.2) is 19.6 Å². The van der Waals surface area contributed by atoms with Crippen molar-refractivity contribution in [3.8, 4) is 0 Å². The standard InChI is InChI=1S/C8H6O4.C4H4N2.K.H2O.H/c9-7(10)5-2-1-3-6(4-5)8(11)12;1-2-5-4-6-3-1;;;/h1-4H,(H,9,10)(H,11,12);1-4H;;1H2;/q;;+1;;-1. The summed E-state index contributed by atoms with van der Waals surface area (Å²) in [6.07, 6.45) is 4.88. The molecule has 0 radical (unpaired) electrons. The average molecular weight is 304 g/mol. The van der Waals surface area contributed by atoms with E-state index in [1.54, 1.807) is 18.5 Å². The third-order valence-corrected chi connectivity index (χ3v) is 1.83. The fourth-order valence-electron chi connectivity index (χ4n) is 1.04. The number of hydrogen-bond acceptors (Lipinski definition) is 4. The van der Waals surface area contributed by atoms with E-state index in [9.17, 15) is 9.59 Å². The van der Waals surface area contributed by atoms with Crippen LogP contribution < -0.4 is 51.4 Å². The first-order valence-corrected chi connectivity index (χ1v) is 4.88. The van der Waals surface area contributed by atoms with Gasteiger partial charge < -0.3 is 17.1 Å². The van der Waals surface area contributed by atoms with Crippen molar-refractivity contribution in [2.24, 2.45) is 0 Å². The van der Waals surface area contributed by atoms with E-state index in [1.165, 1.54) is 24.5 Å². The van der Waals surface area contributed by atoms with E-state index in [1.807, 2.05) is 0 Å². The second kappa shape index (κ2) is 11.6. The van der Waals surface area contributed by atoms with Crippen LogP contribution in [0.15, 0.2) is 49.1 Å². The largest absolute Gasteiger partial charge is 1.00 e. The second-order valence-electron chi connectivity index (χ2n) is 3.10. The first-order chi connectivity index (χ1) is 8.61. The molecule has 1 heterocycles. The van der Waals surface area contributed by atoms with Crippen LogP contribution in [0.3, 0.4) is 0 Å². The van der Waals surface area contributed by atoms with Crippen molar-refractivity contribution in [2.45, 2.75) is 0 Å². The normalized spacial score (nSPS) is 8.00. The van der Waals surface area contributed by atoms with E-state index >= 15 is 0 Å². The van der Waals surface area contributed by atoms with E-state index in [2.05, 4.69) is 9.97 Å². The maximum atomic E-state index is 10.4. The van der Waals surface area contributed by atoms with Crippen molar-refractivity contribution in [1.29, 1.82) is 0 Å². The summed E-state index contributed by atoms with van der Waals surface area (Å²) in [6.45, 7) is 0. The number of benzene rings is 1. The first kappa shape index (κ1) is 21.1. The molecule has 8 heteroatoms. The predicted octanol–water partition coefficient (Wildman–Crippen LogP) is -2.15. The quantitative estimate of drug-likeness (QED) is 0.608. The zero-order valence-corrected chi connectivity index (χ0v) is 13.8. The Balaban J connectivity index is -0.000000312. The average Bonchev–Trinajstić information content (AvgIpc) is 2.41. The maximum absolute atomic E-state index is 10.4. The molecule has 0 spiro atoms. The molecule has 102 valence electrons. The zero-order valence-electron chi connectivity index (χ0n) is 11.7. The maximum Gasteiger partial charge on any atom is 1.00 e. The first-order valence-electron chi connectivity index (χ1n) is 4.88. The molecule has 4 N–H and O–H groups in total. The van der Waals surface area contributed by atoms with Gasteiger partial charge in [-0.3, -0.25) is 0 Å². The van der Waals surface area contributed by atoms with Crippen molar-refractivity contribution in [3.05, 3.63) is 60.2 Å². The third-order valence-electron chi connectivity index (χ3n) is 1.83. The topological polar surface area (TPSA) is 132 Å². The Labute approximate surface area is 158 Å². The van der Waals surface area contributed by atoms with Gasteiger partial charge in [0.05, 0.1) is 11.1 Å². The van der Waals surface area contributed by atoms with Gasteiger partial charge >= 0.3 is 63.3 Å². The van der Waals surface area contributed by atoms with Crippen LogP contribution in [0.2, 0.25) is 0 Å². The summed E-state index contributed by atoms with van der Waals surface area (Å²) in [5.41, 5.74) is -0.0372. The molecule has 0 unspecified atom stereocenters. The van der Waals surface area contributed by atoms with Crippen LogP contribution in [0, 0.1) is 0 Å². The van der Waals surface area contributed by atoms with Crippen molar-refractivity contribution >= 4 is 11.9 Å². The van der Waals surface area contributed by atoms with Crippen LogP contribution in [0.4, 0.5) is 0 Å². The van der Waals surface area contributed by atoms with E-state index in [4.69, 9.17) is 10.2 Å². The van der Waals surface area contributed by atoms with Crippen molar-refractivity contribution in [1.82, 2.24) is 9.97 Å². The Morgan fingerprint density at radius 2 is 1.40 bits per heavy atom. The Kier molecular flexibility index (Phi) is 12.3. The fraction of sp³-hybridized carbons (Fsp3) is 0. The summed E-state index contributed by atoms with van der Waals surface area (Å²) in [6, 6.07) is 6.97. The molecule has 0 aliphatic rings. The Morgan fingerprint density at radius 1 is 0.950 bits per heavy atom. The van der Waals surface area contributed by atoms with Gasteiger partial charge in [-0.1, -0.05) is 6.07 Å². The molecule has 0 fully saturated rings. The van der Waals surface area contributed by atoms with Crippen LogP contribution in [0.5, 0.6) is 0 Å². The van der Waals surface area contributed by atoms with Gasteiger partial charge in [0.25, 0.3) is 0 Å². The summed E-state index contributed by atoms with van der Waals surface area (Å²) in [7, 11) is 0. The molecule has 0 aliphatic carbocycles. The Bertz CT molecular complexity index is 486. The molecule has 0 amide bonds. The minimum Gasteiger partial charge on any atom is -1.00 e. The summed E-state index contributed by atoms with van der Waals surface area (Å²) in [5, 5.41) is 17.0. The SMILES string of the molecule is O.O=C(O)c1cccc(C(=O)O)c1.[H-].[K+].c1cncnc1. The molecule has 0 atom stereocenters. The minimum atomic E-state index is -1.13. The molecular weight excluding hydrogens is 291 g/mol. The van der Waals surface area contributed by atoms with Crippen LogP contribution in [-0.2, 0) is 0 Å². The van der Waals surface area contributed by atoms with Gasteiger partial charge in [0.2, 0.25) is 0 Å². The third kappa shape index (κ3) is 8.10. The number of aromatic carboxylic acids is 2. The molecule has 0 bridgehead atoms. The Hall–Kier alpha value is -1.16. The fourth-order valence-corrected chi connectivity index (χ4v) is 1.04. The molecule has 0 aliphatic heterocycles. The van der Waals surface area contributed by atoms with Crippen molar-refractivity contribution in [3.63, 3.8) is 0 Å². The second-order valence-corrected chi connectivity index (χ2v) is 3.10. The number of hydrogen-bond donors (Lipinski definition) is 2. The molecule has 7 nitrogen and oxygen atoms in total. The molecule has 20 heavy (non-hydrogen) atoms. The van der Waals surface area contributed by atoms with E-state index < -0.39 is 11.9 Å². The summed E-state index contributed by atoms with van der Waals surface area (Å²) >= 11 is 0. The summed E-state index contributed by atoms with van der Waals surface area (Å²) in [4.78, 5) is 28.1. The zero-order chi connectivity index (χ0) is 13.4. The van der Waals surface area contributed by atoms with E-state index in [0.29, 0.717) is 0 Å². The number of nitrogens with zero attached hydrogens (tertiary/aromatic N) is 2. The van der Waals surface area contributed by atoms with E-state index in [0.717, 1.165) is 6.07 Å². The Morgan fingerprint density at radius 3 is 1.65 bits per heavy atom. The number of rotatable bonds is 2. The van der Waals surface area contributed by atoms with Crippen LogP contribution >= 0.6 is 0 Å². The molecule has 0 saturated heterocycles. The number of carboxylic acid groups (broad SMARTS) is 2. The van der Waals surface area contributed by atoms with Crippen LogP contribution in [0.25, 0.3) is 0 Å². The molecule has 2 aromatic rings. The number of carboxylic acids is 2. The molecule has 2 rings (SSSR count). The van der Waals surface area contributed by atoms with Gasteiger partial charge in [-0.2, -0.15) is 0 Å². The van der Waals surface area contributed by atoms with Crippen LogP contribution in [-0.4, -0.2) is 37.6 Å². The van der Waals surface area contributed by atoms with Gasteiger partial charge in [0, 0.05) is 12.4 Å². The monoisotopic (exact) mass is 304 g/mol. The number of aromatic nitrogens is 2. The summed E-state index contributed by atoms with van der Waals surface area (Å²) < 4.78 is 0. The molecule has 0 saturated carbocycles. The van der Waals surface area contributed by atoms with Gasteiger partial charge in [0.15, 0.2) is 0 Å². The van der Waals surface area contributed by atoms with Crippen molar-refractivity contribution < 1.29 is 78.1 Å². The number of carbonyl (C=O) groups is 2. The molecule has 1 aromatic carbocycles. The van der Waals surface area contributed by atoms with E-state index in [-0.39, 0.29) is 69.4 Å². The molecule has 1 aromatic heterocycles. The minimum absolute atomic E-state index is 0. The molecular formula is C12H13KN2O5. The van der Waals surface area contributed by atoms with Gasteiger partial charge in [0.1, 0.15) is 6.33 Å². The predicted molar refractivity (Wildman–Crippen MR) is 67.1 cm³/mol. The van der Waals surface area contributed by atoms with Crippen LogP contribution in [0.1, 0.15) is 22.1 Å². The smallest absolute Gasteiger partial charge is 1.00 e.